The number of benzene rings is 1. The predicted octanol–water partition coefficient (Wildman–Crippen LogP) is 2.27. The minimum Gasteiger partial charge on any atom is -0.354 e. The van der Waals surface area contributed by atoms with Crippen molar-refractivity contribution in [3.05, 3.63) is 59.8 Å². The molecular weight excluding hydrogens is 338 g/mol. The monoisotopic (exact) mass is 367 g/mol. The molecule has 1 saturated heterocycles. The molecule has 3 rings (SSSR count). The van der Waals surface area contributed by atoms with Gasteiger partial charge in [-0.25, -0.2) is 9.78 Å². The SMILES string of the molecule is CN1CCN(c2cc(CNC(=O)NCCCc3ccccc3)ccn2)CC1. The molecule has 6 nitrogen and oxygen atoms in total. The number of urea groups is 1. The number of rotatable bonds is 7. The number of aromatic nitrogens is 1. The van der Waals surface area contributed by atoms with Gasteiger partial charge >= 0.3 is 6.03 Å². The summed E-state index contributed by atoms with van der Waals surface area (Å²) in [7, 11) is 2.14. The lowest BCUT2D eigenvalue weighted by Gasteiger charge is -2.33. The minimum atomic E-state index is -0.124. The molecule has 1 aliphatic rings. The van der Waals surface area contributed by atoms with Crippen molar-refractivity contribution >= 4 is 11.8 Å². The Morgan fingerprint density at radius 2 is 1.81 bits per heavy atom. The van der Waals surface area contributed by atoms with E-state index in [0.717, 1.165) is 50.4 Å². The number of pyridine rings is 1. The fourth-order valence-electron chi connectivity index (χ4n) is 3.16. The van der Waals surface area contributed by atoms with Crippen LogP contribution in [0.4, 0.5) is 10.6 Å². The maximum atomic E-state index is 12.0. The van der Waals surface area contributed by atoms with E-state index < -0.39 is 0 Å². The average molecular weight is 367 g/mol. The number of hydrogen-bond acceptors (Lipinski definition) is 4. The maximum absolute atomic E-state index is 12.0. The van der Waals surface area contributed by atoms with Crippen LogP contribution < -0.4 is 15.5 Å². The molecule has 1 fully saturated rings. The number of likely N-dealkylation sites (N-methyl/N-ethyl adjacent to an activating group) is 1. The van der Waals surface area contributed by atoms with Crippen molar-refractivity contribution in [2.24, 2.45) is 0 Å². The molecule has 0 saturated carbocycles. The van der Waals surface area contributed by atoms with E-state index in [1.165, 1.54) is 5.56 Å². The Bertz CT molecular complexity index is 714. The van der Waals surface area contributed by atoms with E-state index in [9.17, 15) is 4.79 Å². The first-order valence-electron chi connectivity index (χ1n) is 9.65. The summed E-state index contributed by atoms with van der Waals surface area (Å²) in [5, 5.41) is 5.85. The zero-order valence-electron chi connectivity index (χ0n) is 16.0. The first kappa shape index (κ1) is 19.2. The van der Waals surface area contributed by atoms with Gasteiger partial charge in [0.2, 0.25) is 0 Å². The van der Waals surface area contributed by atoms with Crippen LogP contribution in [0.1, 0.15) is 17.5 Å². The molecule has 144 valence electrons. The van der Waals surface area contributed by atoms with Gasteiger partial charge < -0.3 is 20.4 Å². The van der Waals surface area contributed by atoms with Gasteiger partial charge in [-0.1, -0.05) is 30.3 Å². The number of amides is 2. The summed E-state index contributed by atoms with van der Waals surface area (Å²) in [6.45, 7) is 5.26. The fraction of sp³-hybridized carbons (Fsp3) is 0.429. The zero-order chi connectivity index (χ0) is 18.9. The molecule has 2 aromatic rings. The molecule has 1 aromatic heterocycles. The molecule has 27 heavy (non-hydrogen) atoms. The molecule has 1 aromatic carbocycles. The van der Waals surface area contributed by atoms with E-state index in [-0.39, 0.29) is 6.03 Å². The van der Waals surface area contributed by atoms with Gasteiger partial charge in [-0.15, -0.1) is 0 Å². The van der Waals surface area contributed by atoms with E-state index in [1.54, 1.807) is 0 Å². The van der Waals surface area contributed by atoms with Crippen LogP contribution in [0, 0.1) is 0 Å². The highest BCUT2D eigenvalue weighted by molar-refractivity contribution is 5.73. The van der Waals surface area contributed by atoms with Gasteiger partial charge in [0.05, 0.1) is 0 Å². The molecule has 0 atom stereocenters. The van der Waals surface area contributed by atoms with Gasteiger partial charge in [-0.05, 0) is 43.1 Å². The molecular formula is C21H29N5O. The van der Waals surface area contributed by atoms with Crippen molar-refractivity contribution in [2.45, 2.75) is 19.4 Å². The fourth-order valence-corrected chi connectivity index (χ4v) is 3.16. The second-order valence-electron chi connectivity index (χ2n) is 7.01. The number of anilines is 1. The van der Waals surface area contributed by atoms with Gasteiger partial charge in [0.1, 0.15) is 5.82 Å². The Balaban J connectivity index is 1.38. The van der Waals surface area contributed by atoms with E-state index >= 15 is 0 Å². The Labute approximate surface area is 161 Å². The molecule has 6 heteroatoms. The van der Waals surface area contributed by atoms with Crippen molar-refractivity contribution in [1.29, 1.82) is 0 Å². The number of piperazine rings is 1. The lowest BCUT2D eigenvalue weighted by atomic mass is 10.1. The number of nitrogens with zero attached hydrogens (tertiary/aromatic N) is 3. The molecule has 2 amide bonds. The Kier molecular flexibility index (Phi) is 7.04. The van der Waals surface area contributed by atoms with Crippen molar-refractivity contribution in [2.75, 3.05) is 44.7 Å². The summed E-state index contributed by atoms with van der Waals surface area (Å²) in [5.74, 6) is 0.991. The number of carbonyl (C=O) groups excluding carboxylic acids is 1. The average Bonchev–Trinajstić information content (AvgIpc) is 2.71. The molecule has 2 heterocycles. The lowest BCUT2D eigenvalue weighted by molar-refractivity contribution is 0.240. The molecule has 0 unspecified atom stereocenters. The van der Waals surface area contributed by atoms with Crippen molar-refractivity contribution in [3.8, 4) is 0 Å². The van der Waals surface area contributed by atoms with Gasteiger partial charge in [0, 0.05) is 45.5 Å². The zero-order valence-corrected chi connectivity index (χ0v) is 16.0. The van der Waals surface area contributed by atoms with E-state index in [2.05, 4.69) is 50.7 Å². The summed E-state index contributed by atoms with van der Waals surface area (Å²) < 4.78 is 0. The lowest BCUT2D eigenvalue weighted by Crippen LogP contribution is -2.44. The van der Waals surface area contributed by atoms with Crippen LogP contribution >= 0.6 is 0 Å². The summed E-state index contributed by atoms with van der Waals surface area (Å²) in [6, 6.07) is 14.2. The minimum absolute atomic E-state index is 0.124. The molecule has 0 spiro atoms. The van der Waals surface area contributed by atoms with E-state index in [0.29, 0.717) is 13.1 Å². The van der Waals surface area contributed by atoms with Gasteiger partial charge in [0.15, 0.2) is 0 Å². The number of carbonyl (C=O) groups is 1. The third kappa shape index (κ3) is 6.25. The molecule has 0 aliphatic carbocycles. The highest BCUT2D eigenvalue weighted by Crippen LogP contribution is 2.14. The number of hydrogen-bond donors (Lipinski definition) is 2. The molecule has 0 bridgehead atoms. The van der Waals surface area contributed by atoms with E-state index in [4.69, 9.17) is 0 Å². The Hall–Kier alpha value is -2.60. The summed E-state index contributed by atoms with van der Waals surface area (Å²) >= 11 is 0. The van der Waals surface area contributed by atoms with Gasteiger partial charge in [0.25, 0.3) is 0 Å². The summed E-state index contributed by atoms with van der Waals surface area (Å²) in [6.07, 6.45) is 3.72. The molecule has 0 radical (unpaired) electrons. The number of aryl methyl sites for hydroxylation is 1. The van der Waals surface area contributed by atoms with E-state index in [1.807, 2.05) is 30.5 Å². The first-order chi connectivity index (χ1) is 13.2. The van der Waals surface area contributed by atoms with Crippen molar-refractivity contribution in [3.63, 3.8) is 0 Å². The molecule has 1 aliphatic heterocycles. The van der Waals surface area contributed by atoms with Crippen LogP contribution in [-0.4, -0.2) is 55.7 Å². The topological polar surface area (TPSA) is 60.5 Å². The summed E-state index contributed by atoms with van der Waals surface area (Å²) in [4.78, 5) is 21.1. The summed E-state index contributed by atoms with van der Waals surface area (Å²) in [5.41, 5.74) is 2.37. The highest BCUT2D eigenvalue weighted by atomic mass is 16.2. The van der Waals surface area contributed by atoms with Crippen LogP contribution in [0.5, 0.6) is 0 Å². The second kappa shape index (κ2) is 9.92. The predicted molar refractivity (Wildman–Crippen MR) is 109 cm³/mol. The van der Waals surface area contributed by atoms with Crippen LogP contribution in [0.2, 0.25) is 0 Å². The van der Waals surface area contributed by atoms with Crippen LogP contribution in [0.15, 0.2) is 48.7 Å². The third-order valence-corrected chi connectivity index (χ3v) is 4.86. The Morgan fingerprint density at radius 1 is 1.04 bits per heavy atom. The number of nitrogens with one attached hydrogen (secondary N) is 2. The van der Waals surface area contributed by atoms with Crippen LogP contribution in [0.3, 0.4) is 0 Å². The third-order valence-electron chi connectivity index (χ3n) is 4.86. The first-order valence-corrected chi connectivity index (χ1v) is 9.65. The quantitative estimate of drug-likeness (QED) is 0.737. The smallest absolute Gasteiger partial charge is 0.315 e. The molecule has 2 N–H and O–H groups in total. The Morgan fingerprint density at radius 3 is 2.59 bits per heavy atom. The largest absolute Gasteiger partial charge is 0.354 e. The maximum Gasteiger partial charge on any atom is 0.315 e. The standard InChI is InChI=1S/C21H29N5O/c1-25-12-14-26(15-13-25)20-16-19(9-11-22-20)17-24-21(27)23-10-5-8-18-6-3-2-4-7-18/h2-4,6-7,9,11,16H,5,8,10,12-15,17H2,1H3,(H2,23,24,27). The van der Waals surface area contributed by atoms with Crippen LogP contribution in [0.25, 0.3) is 0 Å². The van der Waals surface area contributed by atoms with Crippen LogP contribution in [-0.2, 0) is 13.0 Å². The van der Waals surface area contributed by atoms with Crippen molar-refractivity contribution in [1.82, 2.24) is 20.5 Å². The van der Waals surface area contributed by atoms with Gasteiger partial charge in [-0.3, -0.25) is 0 Å². The normalized spacial score (nSPS) is 14.8. The second-order valence-corrected chi connectivity index (χ2v) is 7.01. The van der Waals surface area contributed by atoms with Crippen molar-refractivity contribution < 1.29 is 4.79 Å². The van der Waals surface area contributed by atoms with Gasteiger partial charge in [-0.2, -0.15) is 0 Å². The highest BCUT2D eigenvalue weighted by Gasteiger charge is 2.15.